The molecule has 1 fully saturated rings. The second kappa shape index (κ2) is 3.20. The summed E-state index contributed by atoms with van der Waals surface area (Å²) in [5.74, 6) is -1.92. The molecule has 2 heterocycles. The first-order valence-electron chi connectivity index (χ1n) is 5.02. The van der Waals surface area contributed by atoms with E-state index in [9.17, 15) is 17.6 Å². The predicted molar refractivity (Wildman–Crippen MR) is 45.8 cm³/mol. The van der Waals surface area contributed by atoms with Crippen LogP contribution in [0.2, 0.25) is 0 Å². The van der Waals surface area contributed by atoms with Crippen LogP contribution in [0.5, 0.6) is 0 Å². The summed E-state index contributed by atoms with van der Waals surface area (Å²) in [7, 11) is 0. The van der Waals surface area contributed by atoms with Gasteiger partial charge in [0.05, 0.1) is 18.8 Å². The van der Waals surface area contributed by atoms with Gasteiger partial charge in [-0.2, -0.15) is 18.3 Å². The molecular weight excluding hydrogens is 244 g/mol. The Hall–Kier alpha value is -1.15. The SMILES string of the molecule is FC1Cc2[nH]nc(C(F)(F)F)c2C12OCCO2. The molecule has 3 rings (SSSR count). The lowest BCUT2D eigenvalue weighted by atomic mass is 10.1. The number of H-pyrrole nitrogens is 1. The summed E-state index contributed by atoms with van der Waals surface area (Å²) in [4.78, 5) is 0. The topological polar surface area (TPSA) is 47.1 Å². The summed E-state index contributed by atoms with van der Waals surface area (Å²) in [5, 5.41) is 5.39. The second-order valence-electron chi connectivity index (χ2n) is 3.96. The number of halogens is 4. The zero-order chi connectivity index (χ0) is 12.3. The van der Waals surface area contributed by atoms with Gasteiger partial charge >= 0.3 is 6.18 Å². The van der Waals surface area contributed by atoms with Crippen molar-refractivity contribution < 1.29 is 27.0 Å². The number of hydrogen-bond acceptors (Lipinski definition) is 3. The molecule has 1 atom stereocenters. The smallest absolute Gasteiger partial charge is 0.341 e. The number of aromatic nitrogens is 2. The van der Waals surface area contributed by atoms with Crippen LogP contribution in [0.1, 0.15) is 17.0 Å². The lowest BCUT2D eigenvalue weighted by Gasteiger charge is -2.25. The Morgan fingerprint density at radius 2 is 1.94 bits per heavy atom. The summed E-state index contributed by atoms with van der Waals surface area (Å²) in [6.45, 7) is 0.144. The first-order valence-corrected chi connectivity index (χ1v) is 5.02. The molecule has 1 aromatic heterocycles. The molecule has 94 valence electrons. The molecule has 2 aliphatic rings. The Kier molecular flexibility index (Phi) is 2.06. The molecular formula is C9H8F4N2O2. The summed E-state index contributed by atoms with van der Waals surface area (Å²) >= 11 is 0. The van der Waals surface area contributed by atoms with E-state index in [1.807, 2.05) is 0 Å². The van der Waals surface area contributed by atoms with E-state index in [0.29, 0.717) is 0 Å². The lowest BCUT2D eigenvalue weighted by Crippen LogP contribution is -2.36. The van der Waals surface area contributed by atoms with Crippen molar-refractivity contribution in [2.45, 2.75) is 24.6 Å². The number of aromatic amines is 1. The molecule has 0 saturated carbocycles. The molecule has 17 heavy (non-hydrogen) atoms. The van der Waals surface area contributed by atoms with Crippen LogP contribution >= 0.6 is 0 Å². The van der Waals surface area contributed by atoms with Gasteiger partial charge in [0.1, 0.15) is 0 Å². The van der Waals surface area contributed by atoms with Gasteiger partial charge in [-0.1, -0.05) is 0 Å². The van der Waals surface area contributed by atoms with Crippen LogP contribution in [0.15, 0.2) is 0 Å². The van der Waals surface area contributed by atoms with Crippen molar-refractivity contribution >= 4 is 0 Å². The number of nitrogens with zero attached hydrogens (tertiary/aromatic N) is 1. The monoisotopic (exact) mass is 252 g/mol. The molecule has 1 aliphatic carbocycles. The van der Waals surface area contributed by atoms with E-state index >= 15 is 0 Å². The highest BCUT2D eigenvalue weighted by molar-refractivity contribution is 5.39. The summed E-state index contributed by atoms with van der Waals surface area (Å²) < 4.78 is 62.1. The molecule has 1 unspecified atom stereocenters. The van der Waals surface area contributed by atoms with E-state index < -0.39 is 23.8 Å². The third-order valence-electron chi connectivity index (χ3n) is 2.97. The Morgan fingerprint density at radius 3 is 2.53 bits per heavy atom. The zero-order valence-corrected chi connectivity index (χ0v) is 8.47. The molecule has 1 aromatic rings. The Morgan fingerprint density at radius 1 is 1.29 bits per heavy atom. The number of ether oxygens (including phenoxy) is 2. The van der Waals surface area contributed by atoms with E-state index in [1.165, 1.54) is 0 Å². The highest BCUT2D eigenvalue weighted by Gasteiger charge is 2.58. The average Bonchev–Trinajstić information content (AvgIpc) is 2.84. The van der Waals surface area contributed by atoms with Gasteiger partial charge in [-0.3, -0.25) is 5.10 Å². The summed E-state index contributed by atoms with van der Waals surface area (Å²) in [6, 6.07) is 0. The Labute approximate surface area is 92.9 Å². The fraction of sp³-hybridized carbons (Fsp3) is 0.667. The van der Waals surface area contributed by atoms with Gasteiger partial charge in [0.15, 0.2) is 11.9 Å². The molecule has 1 spiro atoms. The number of alkyl halides is 4. The van der Waals surface area contributed by atoms with Gasteiger partial charge in [-0.25, -0.2) is 4.39 Å². The van der Waals surface area contributed by atoms with Crippen molar-refractivity contribution in [3.05, 3.63) is 17.0 Å². The molecule has 0 bridgehead atoms. The molecule has 8 heteroatoms. The van der Waals surface area contributed by atoms with E-state index in [0.717, 1.165) is 0 Å². The minimum atomic E-state index is -4.66. The van der Waals surface area contributed by atoms with Crippen LogP contribution in [0.25, 0.3) is 0 Å². The van der Waals surface area contributed by atoms with Crippen molar-refractivity contribution in [1.29, 1.82) is 0 Å². The van der Waals surface area contributed by atoms with Crippen LogP contribution in [0.3, 0.4) is 0 Å². The van der Waals surface area contributed by atoms with Gasteiger partial charge in [0, 0.05) is 12.1 Å². The van der Waals surface area contributed by atoms with E-state index in [-0.39, 0.29) is 30.9 Å². The Balaban J connectivity index is 2.16. The maximum Gasteiger partial charge on any atom is 0.435 e. The number of nitrogens with one attached hydrogen (secondary N) is 1. The summed E-state index contributed by atoms with van der Waals surface area (Å²) in [6.07, 6.45) is -6.51. The van der Waals surface area contributed by atoms with Crippen molar-refractivity contribution in [2.24, 2.45) is 0 Å². The van der Waals surface area contributed by atoms with Gasteiger partial charge in [-0.05, 0) is 0 Å². The lowest BCUT2D eigenvalue weighted by molar-refractivity contribution is -0.207. The quantitative estimate of drug-likeness (QED) is 0.712. The molecule has 0 amide bonds. The average molecular weight is 252 g/mol. The van der Waals surface area contributed by atoms with Gasteiger partial charge in [0.2, 0.25) is 5.79 Å². The zero-order valence-electron chi connectivity index (χ0n) is 8.47. The molecule has 0 radical (unpaired) electrons. The number of hydrogen-bond donors (Lipinski definition) is 1. The third-order valence-corrected chi connectivity index (χ3v) is 2.97. The summed E-state index contributed by atoms with van der Waals surface area (Å²) in [5.41, 5.74) is -1.41. The van der Waals surface area contributed by atoms with Crippen LogP contribution in [-0.2, 0) is 27.9 Å². The predicted octanol–water partition coefficient (Wildman–Crippen LogP) is 1.52. The van der Waals surface area contributed by atoms with Crippen molar-refractivity contribution in [3.63, 3.8) is 0 Å². The molecule has 1 aliphatic heterocycles. The molecule has 1 saturated heterocycles. The van der Waals surface area contributed by atoms with Crippen LogP contribution in [-0.4, -0.2) is 29.6 Å². The maximum atomic E-state index is 13.8. The first-order chi connectivity index (χ1) is 7.95. The van der Waals surface area contributed by atoms with Crippen molar-refractivity contribution in [1.82, 2.24) is 10.2 Å². The van der Waals surface area contributed by atoms with Crippen molar-refractivity contribution in [2.75, 3.05) is 13.2 Å². The minimum absolute atomic E-state index is 0.0718. The number of rotatable bonds is 0. The van der Waals surface area contributed by atoms with Gasteiger partial charge < -0.3 is 9.47 Å². The fourth-order valence-corrected chi connectivity index (χ4v) is 2.33. The van der Waals surface area contributed by atoms with E-state index in [2.05, 4.69) is 10.2 Å². The molecule has 0 aromatic carbocycles. The van der Waals surface area contributed by atoms with E-state index in [4.69, 9.17) is 9.47 Å². The van der Waals surface area contributed by atoms with Gasteiger partial charge in [-0.15, -0.1) is 0 Å². The van der Waals surface area contributed by atoms with Crippen LogP contribution in [0.4, 0.5) is 17.6 Å². The first kappa shape index (κ1) is 11.0. The molecule has 4 nitrogen and oxygen atoms in total. The van der Waals surface area contributed by atoms with E-state index in [1.54, 1.807) is 0 Å². The standard InChI is InChI=1S/C9H8F4N2O2/c10-5-3-4-6(8(5)16-1-2-17-8)7(15-14-4)9(11,12)13/h5H,1-3H2,(H,14,15). The van der Waals surface area contributed by atoms with Gasteiger partial charge in [0.25, 0.3) is 0 Å². The fourth-order valence-electron chi connectivity index (χ4n) is 2.33. The Bertz CT molecular complexity index is 450. The highest BCUT2D eigenvalue weighted by Crippen LogP contribution is 2.49. The second-order valence-corrected chi connectivity index (χ2v) is 3.96. The minimum Gasteiger partial charge on any atom is -0.341 e. The maximum absolute atomic E-state index is 13.8. The number of fused-ring (bicyclic) bond motifs is 2. The largest absolute Gasteiger partial charge is 0.435 e. The highest BCUT2D eigenvalue weighted by atomic mass is 19.4. The third kappa shape index (κ3) is 1.34. The molecule has 1 N–H and O–H groups in total. The van der Waals surface area contributed by atoms with Crippen LogP contribution < -0.4 is 0 Å². The normalized spacial score (nSPS) is 26.7. The van der Waals surface area contributed by atoms with Crippen molar-refractivity contribution in [3.8, 4) is 0 Å². The van der Waals surface area contributed by atoms with Crippen LogP contribution in [0, 0.1) is 0 Å².